The highest BCUT2D eigenvalue weighted by Crippen LogP contribution is 2.36. The Morgan fingerprint density at radius 2 is 1.71 bits per heavy atom. The fourth-order valence-electron chi connectivity index (χ4n) is 7.10. The van der Waals surface area contributed by atoms with Crippen molar-refractivity contribution in [2.24, 2.45) is 5.92 Å². The molecule has 52 heavy (non-hydrogen) atoms. The maximum absolute atomic E-state index is 13.9. The molecule has 5 heterocycles. The van der Waals surface area contributed by atoms with E-state index in [2.05, 4.69) is 9.88 Å². The maximum atomic E-state index is 13.9. The number of anilines is 1. The number of esters is 1. The van der Waals surface area contributed by atoms with E-state index in [4.69, 9.17) is 42.1 Å². The summed E-state index contributed by atoms with van der Waals surface area (Å²) in [5.41, 5.74) is 3.67. The largest absolute Gasteiger partial charge is 0.619 e. The van der Waals surface area contributed by atoms with Crippen molar-refractivity contribution in [3.05, 3.63) is 123 Å². The first kappa shape index (κ1) is 35.4. The van der Waals surface area contributed by atoms with E-state index in [9.17, 15) is 14.8 Å². The van der Waals surface area contributed by atoms with Crippen LogP contribution in [0.15, 0.2) is 85.3 Å². The smallest absolute Gasteiger partial charge is 0.414 e. The lowest BCUT2D eigenvalue weighted by Gasteiger charge is -2.44. The minimum Gasteiger partial charge on any atom is -0.619 e. The van der Waals surface area contributed by atoms with Crippen molar-refractivity contribution in [1.29, 1.82) is 0 Å². The number of aromatic amines is 1. The first-order valence-electron chi connectivity index (χ1n) is 17.1. The number of aromatic nitrogens is 2. The van der Waals surface area contributed by atoms with E-state index in [-0.39, 0.29) is 29.1 Å². The fraction of sp³-hybridized carbons (Fsp3) is 0.308. The van der Waals surface area contributed by atoms with Crippen LogP contribution in [0.2, 0.25) is 10.0 Å². The second-order valence-corrected chi connectivity index (χ2v) is 13.9. The molecule has 3 aliphatic heterocycles. The second-order valence-electron chi connectivity index (χ2n) is 13.1. The molecule has 3 aliphatic rings. The molecule has 2 aromatic heterocycles. The Morgan fingerprint density at radius 3 is 2.38 bits per heavy atom. The number of H-pyrrole nitrogens is 1. The van der Waals surface area contributed by atoms with Crippen LogP contribution >= 0.6 is 23.2 Å². The third kappa shape index (κ3) is 7.48. The van der Waals surface area contributed by atoms with Crippen molar-refractivity contribution in [2.45, 2.75) is 38.0 Å². The molecule has 2 bridgehead atoms. The molecule has 0 radical (unpaired) electrons. The van der Waals surface area contributed by atoms with Crippen LogP contribution in [-0.2, 0) is 22.4 Å². The zero-order valence-electron chi connectivity index (χ0n) is 28.7. The van der Waals surface area contributed by atoms with Gasteiger partial charge in [0.25, 0.3) is 0 Å². The quantitative estimate of drug-likeness (QED) is 0.0839. The van der Waals surface area contributed by atoms with E-state index in [0.29, 0.717) is 44.5 Å². The molecule has 1 amide bonds. The summed E-state index contributed by atoms with van der Waals surface area (Å²) in [7, 11) is 3.04. The van der Waals surface area contributed by atoms with Gasteiger partial charge in [0.2, 0.25) is 0 Å². The summed E-state index contributed by atoms with van der Waals surface area (Å²) in [5.74, 6) is 0.717. The summed E-state index contributed by atoms with van der Waals surface area (Å²) in [6.45, 7) is 3.05. The molecule has 13 heteroatoms. The fourth-order valence-corrected chi connectivity index (χ4v) is 7.70. The van der Waals surface area contributed by atoms with Crippen molar-refractivity contribution < 1.29 is 33.3 Å². The first-order valence-corrected chi connectivity index (χ1v) is 17.8. The van der Waals surface area contributed by atoms with Crippen molar-refractivity contribution in [3.63, 3.8) is 0 Å². The number of hydrogen-bond acceptors (Lipinski definition) is 8. The number of para-hydroxylation sites is 1. The lowest BCUT2D eigenvalue weighted by molar-refractivity contribution is -0.605. The lowest BCUT2D eigenvalue weighted by Crippen LogP contribution is -2.53. The minimum absolute atomic E-state index is 0.0821. The number of nitrogens with one attached hydrogen (secondary N) is 1. The van der Waals surface area contributed by atoms with Gasteiger partial charge in [-0.05, 0) is 79.4 Å². The highest BCUT2D eigenvalue weighted by molar-refractivity contribution is 6.35. The Bertz CT molecular complexity index is 2060. The molecule has 1 N–H and O–H groups in total. The number of carbonyl (C=O) groups excluding carboxylic acids is 2. The topological polar surface area (TPSA) is 120 Å². The van der Waals surface area contributed by atoms with Gasteiger partial charge in [0.1, 0.15) is 22.3 Å². The third-order valence-electron chi connectivity index (χ3n) is 9.93. The summed E-state index contributed by atoms with van der Waals surface area (Å²) < 4.78 is 23.7. The molecular weight excluding hydrogens is 707 g/mol. The van der Waals surface area contributed by atoms with Crippen LogP contribution in [0.1, 0.15) is 46.0 Å². The second kappa shape index (κ2) is 15.3. The molecule has 3 saturated heterocycles. The van der Waals surface area contributed by atoms with Gasteiger partial charge < -0.3 is 29.1 Å². The molecule has 1 unspecified atom stereocenters. The van der Waals surface area contributed by atoms with Crippen molar-refractivity contribution in [1.82, 2.24) is 9.88 Å². The molecule has 0 spiro atoms. The number of halogens is 2. The highest BCUT2D eigenvalue weighted by Gasteiger charge is 2.37. The number of piperidine rings is 3. The minimum atomic E-state index is -0.859. The number of benzene rings is 3. The SMILES string of the molecule is COc1ccc(C(Cc2c(Cl)c[n+]([O-])cc2Cl)OC(=O)c2ccc(CN(C(=O)O[C@H]3CN4CCC3CC4)c3cccc4cc[nH]c34)cc2)cc1OC. The van der Waals surface area contributed by atoms with Crippen LogP contribution in [0.5, 0.6) is 11.5 Å². The number of pyridine rings is 1. The number of carbonyl (C=O) groups is 2. The van der Waals surface area contributed by atoms with Crippen molar-refractivity contribution in [3.8, 4) is 11.5 Å². The van der Waals surface area contributed by atoms with Gasteiger partial charge in [-0.3, -0.25) is 9.80 Å². The van der Waals surface area contributed by atoms with Crippen LogP contribution in [0.25, 0.3) is 10.9 Å². The number of hydrogen-bond donors (Lipinski definition) is 1. The van der Waals surface area contributed by atoms with Gasteiger partial charge in [0.15, 0.2) is 23.9 Å². The van der Waals surface area contributed by atoms with E-state index >= 15 is 0 Å². The van der Waals surface area contributed by atoms with E-state index in [1.807, 2.05) is 30.5 Å². The van der Waals surface area contributed by atoms with Crippen LogP contribution in [0, 0.1) is 11.1 Å². The molecule has 3 aromatic carbocycles. The summed E-state index contributed by atoms with van der Waals surface area (Å²) in [6, 6.07) is 19.9. The van der Waals surface area contributed by atoms with E-state index < -0.39 is 18.2 Å². The number of amides is 1. The number of methoxy groups -OCH3 is 2. The third-order valence-corrected chi connectivity index (χ3v) is 10.6. The molecule has 270 valence electrons. The highest BCUT2D eigenvalue weighted by atomic mass is 35.5. The van der Waals surface area contributed by atoms with Crippen LogP contribution in [0.4, 0.5) is 10.5 Å². The number of nitrogens with zero attached hydrogens (tertiary/aromatic N) is 3. The molecule has 2 atom stereocenters. The van der Waals surface area contributed by atoms with Crippen molar-refractivity contribution >= 4 is 51.9 Å². The zero-order valence-corrected chi connectivity index (χ0v) is 30.2. The molecule has 3 fully saturated rings. The maximum Gasteiger partial charge on any atom is 0.414 e. The van der Waals surface area contributed by atoms with Crippen LogP contribution in [0.3, 0.4) is 0 Å². The van der Waals surface area contributed by atoms with E-state index in [0.717, 1.165) is 48.9 Å². The van der Waals surface area contributed by atoms with Gasteiger partial charge in [-0.1, -0.05) is 53.5 Å². The monoisotopic (exact) mass is 744 g/mol. The zero-order chi connectivity index (χ0) is 36.4. The number of ether oxygens (including phenoxy) is 4. The normalized spacial score (nSPS) is 18.5. The molecule has 11 nitrogen and oxygen atoms in total. The van der Waals surface area contributed by atoms with Crippen LogP contribution < -0.4 is 19.1 Å². The Morgan fingerprint density at radius 1 is 0.981 bits per heavy atom. The Hall–Kier alpha value is -4.97. The molecular formula is C39H38Cl2N4O7. The lowest BCUT2D eigenvalue weighted by atomic mass is 9.86. The average molecular weight is 746 g/mol. The van der Waals surface area contributed by atoms with E-state index in [1.54, 1.807) is 47.4 Å². The summed E-state index contributed by atoms with van der Waals surface area (Å²) in [4.78, 5) is 34.9. The molecule has 0 saturated carbocycles. The Labute approximate surface area is 311 Å². The number of rotatable bonds is 11. The molecule has 8 rings (SSSR count). The molecule has 0 aliphatic carbocycles. The summed E-state index contributed by atoms with van der Waals surface area (Å²) >= 11 is 12.8. The van der Waals surface area contributed by atoms with Gasteiger partial charge in [0, 0.05) is 30.1 Å². The number of fused-ring (bicyclic) bond motifs is 4. The Kier molecular flexibility index (Phi) is 10.4. The van der Waals surface area contributed by atoms with Gasteiger partial charge in [0.05, 0.1) is 37.5 Å². The predicted octanol–water partition coefficient (Wildman–Crippen LogP) is 7.50. The average Bonchev–Trinajstić information content (AvgIpc) is 3.65. The predicted molar refractivity (Wildman–Crippen MR) is 197 cm³/mol. The van der Waals surface area contributed by atoms with Gasteiger partial charge in [-0.25, -0.2) is 9.59 Å². The first-order chi connectivity index (χ1) is 25.2. The Balaban J connectivity index is 1.13. The van der Waals surface area contributed by atoms with Gasteiger partial charge >= 0.3 is 12.1 Å². The van der Waals surface area contributed by atoms with Gasteiger partial charge in [-0.15, -0.1) is 0 Å². The summed E-state index contributed by atoms with van der Waals surface area (Å²) in [5, 5.41) is 13.2. The van der Waals surface area contributed by atoms with Crippen molar-refractivity contribution in [2.75, 3.05) is 38.8 Å². The summed E-state index contributed by atoms with van der Waals surface area (Å²) in [6.07, 6.45) is 4.95. The molecule has 5 aromatic rings. The van der Waals surface area contributed by atoms with Crippen LogP contribution in [-0.4, -0.2) is 61.9 Å². The standard InChI is InChI=1S/C39H38Cl2N4O7/c1-49-33-11-10-28(18-35(33)50-2)34(19-29-30(40)21-44(48)22-31(29)41)51-38(46)27-8-6-24(7-9-27)20-45(32-5-3-4-26-12-15-42-37(26)32)39(47)52-36-23-43-16-13-25(36)14-17-43/h3-12,15,18,21-22,25,34,36,42H,13-14,16-17,19-20,23H2,1-2H3/t34?,36-/m0/s1. The van der Waals surface area contributed by atoms with Gasteiger partial charge in [-0.2, -0.15) is 4.73 Å². The van der Waals surface area contributed by atoms with E-state index in [1.165, 1.54) is 26.6 Å².